The Kier molecular flexibility index (Phi) is 3.73. The van der Waals surface area contributed by atoms with Gasteiger partial charge in [0.2, 0.25) is 0 Å². The number of anilines is 1. The molecule has 0 atom stereocenters. The van der Waals surface area contributed by atoms with Crippen molar-refractivity contribution in [1.82, 2.24) is 0 Å². The van der Waals surface area contributed by atoms with Crippen molar-refractivity contribution in [1.29, 1.82) is 0 Å². The molecule has 98 valence electrons. The van der Waals surface area contributed by atoms with Gasteiger partial charge in [-0.3, -0.25) is 10.1 Å². The number of aliphatic hydroxyl groups excluding tert-OH is 1. The highest BCUT2D eigenvalue weighted by molar-refractivity contribution is 6.33. The first-order valence-electron chi connectivity index (χ1n) is 5.84. The molecule has 0 spiro atoms. The van der Waals surface area contributed by atoms with Crippen LogP contribution < -0.4 is 5.32 Å². The maximum absolute atomic E-state index is 10.7. The topological polar surface area (TPSA) is 75.4 Å². The van der Waals surface area contributed by atoms with Crippen molar-refractivity contribution in [2.75, 3.05) is 11.9 Å². The van der Waals surface area contributed by atoms with Crippen molar-refractivity contribution in [3.05, 3.63) is 32.8 Å². The highest BCUT2D eigenvalue weighted by Crippen LogP contribution is 2.32. The molecule has 2 rings (SSSR count). The van der Waals surface area contributed by atoms with Gasteiger partial charge in [-0.25, -0.2) is 0 Å². The predicted molar refractivity (Wildman–Crippen MR) is 70.1 cm³/mol. The molecule has 0 aliphatic heterocycles. The molecule has 1 aliphatic rings. The van der Waals surface area contributed by atoms with Crippen LogP contribution in [0.4, 0.5) is 11.4 Å². The molecule has 0 bridgehead atoms. The van der Waals surface area contributed by atoms with E-state index in [1.165, 1.54) is 6.07 Å². The number of nitrogens with zero attached hydrogens (tertiary/aromatic N) is 1. The standard InChI is InChI=1S/C12H15ClN2O3/c1-7-2-12(15(17)18)10(13)5-11(7)14-6-8-3-9(16)4-8/h2,5,8-9,14,16H,3-4,6H2,1H3. The van der Waals surface area contributed by atoms with Gasteiger partial charge < -0.3 is 10.4 Å². The minimum atomic E-state index is -0.485. The fraction of sp³-hybridized carbons (Fsp3) is 0.500. The molecule has 1 aromatic carbocycles. The molecule has 1 saturated carbocycles. The number of nitrogens with one attached hydrogen (secondary N) is 1. The van der Waals surface area contributed by atoms with E-state index in [1.54, 1.807) is 13.0 Å². The maximum Gasteiger partial charge on any atom is 0.288 e. The van der Waals surface area contributed by atoms with E-state index >= 15 is 0 Å². The first-order chi connectivity index (χ1) is 8.47. The average Bonchev–Trinajstić information content (AvgIpc) is 2.26. The molecule has 0 radical (unpaired) electrons. The lowest BCUT2D eigenvalue weighted by molar-refractivity contribution is -0.384. The van der Waals surface area contributed by atoms with Crippen LogP contribution in [0, 0.1) is 23.0 Å². The monoisotopic (exact) mass is 270 g/mol. The Morgan fingerprint density at radius 3 is 2.78 bits per heavy atom. The van der Waals surface area contributed by atoms with E-state index < -0.39 is 4.92 Å². The van der Waals surface area contributed by atoms with Gasteiger partial charge in [-0.05, 0) is 37.3 Å². The zero-order valence-electron chi connectivity index (χ0n) is 10.0. The summed E-state index contributed by atoms with van der Waals surface area (Å²) in [5.41, 5.74) is 1.54. The molecular weight excluding hydrogens is 256 g/mol. The highest BCUT2D eigenvalue weighted by atomic mass is 35.5. The molecule has 1 fully saturated rings. The van der Waals surface area contributed by atoms with Gasteiger partial charge in [-0.1, -0.05) is 11.6 Å². The molecule has 0 unspecified atom stereocenters. The number of benzene rings is 1. The molecule has 0 amide bonds. The Morgan fingerprint density at radius 2 is 2.22 bits per heavy atom. The van der Waals surface area contributed by atoms with E-state index in [4.69, 9.17) is 11.6 Å². The zero-order chi connectivity index (χ0) is 13.3. The number of aryl methyl sites for hydroxylation is 1. The minimum absolute atomic E-state index is 0.0706. The minimum Gasteiger partial charge on any atom is -0.393 e. The Labute approximate surface area is 110 Å². The second kappa shape index (κ2) is 5.12. The molecule has 1 aromatic rings. The van der Waals surface area contributed by atoms with Crippen LogP contribution in [-0.2, 0) is 0 Å². The summed E-state index contributed by atoms with van der Waals surface area (Å²) in [5, 5.41) is 23.3. The number of hydrogen-bond acceptors (Lipinski definition) is 4. The number of nitro groups is 1. The van der Waals surface area contributed by atoms with E-state index in [1.807, 2.05) is 0 Å². The van der Waals surface area contributed by atoms with Gasteiger partial charge >= 0.3 is 0 Å². The normalized spacial score (nSPS) is 22.4. The summed E-state index contributed by atoms with van der Waals surface area (Å²) in [5.74, 6) is 0.466. The first-order valence-corrected chi connectivity index (χ1v) is 6.21. The van der Waals surface area contributed by atoms with Gasteiger partial charge in [0.1, 0.15) is 5.02 Å². The van der Waals surface area contributed by atoms with Crippen molar-refractivity contribution < 1.29 is 10.0 Å². The summed E-state index contributed by atoms with van der Waals surface area (Å²) in [6, 6.07) is 3.06. The van der Waals surface area contributed by atoms with Crippen LogP contribution in [0.25, 0.3) is 0 Å². The van der Waals surface area contributed by atoms with E-state index in [9.17, 15) is 15.2 Å². The third kappa shape index (κ3) is 2.73. The Hall–Kier alpha value is -1.33. The molecular formula is C12H15ClN2O3. The predicted octanol–water partition coefficient (Wildman–Crippen LogP) is 2.74. The quantitative estimate of drug-likeness (QED) is 0.652. The van der Waals surface area contributed by atoms with Gasteiger partial charge in [0.15, 0.2) is 0 Å². The molecule has 0 saturated heterocycles. The molecule has 18 heavy (non-hydrogen) atoms. The molecule has 2 N–H and O–H groups in total. The number of rotatable bonds is 4. The van der Waals surface area contributed by atoms with Crippen LogP contribution >= 0.6 is 11.6 Å². The summed E-state index contributed by atoms with van der Waals surface area (Å²) >= 11 is 5.86. The molecule has 6 heteroatoms. The van der Waals surface area contributed by atoms with Crippen LogP contribution in [0.2, 0.25) is 5.02 Å². The third-order valence-corrected chi connectivity index (χ3v) is 3.59. The molecule has 5 nitrogen and oxygen atoms in total. The SMILES string of the molecule is Cc1cc([N+](=O)[O-])c(Cl)cc1NCC1CC(O)C1. The smallest absolute Gasteiger partial charge is 0.288 e. The highest BCUT2D eigenvalue weighted by Gasteiger charge is 2.26. The maximum atomic E-state index is 10.7. The van der Waals surface area contributed by atoms with E-state index in [0.717, 1.165) is 30.6 Å². The van der Waals surface area contributed by atoms with E-state index in [2.05, 4.69) is 5.32 Å². The van der Waals surface area contributed by atoms with Crippen LogP contribution in [0.15, 0.2) is 12.1 Å². The lowest BCUT2D eigenvalue weighted by Gasteiger charge is -2.31. The largest absolute Gasteiger partial charge is 0.393 e. The first kappa shape index (κ1) is 13.1. The Bertz CT molecular complexity index is 473. The van der Waals surface area contributed by atoms with E-state index in [0.29, 0.717) is 5.92 Å². The fourth-order valence-corrected chi connectivity index (χ4v) is 2.35. The van der Waals surface area contributed by atoms with Gasteiger partial charge in [0.05, 0.1) is 11.0 Å². The van der Waals surface area contributed by atoms with Crippen molar-refractivity contribution in [3.63, 3.8) is 0 Å². The lowest BCUT2D eigenvalue weighted by atomic mass is 9.82. The van der Waals surface area contributed by atoms with Crippen LogP contribution in [0.5, 0.6) is 0 Å². The molecule has 1 aliphatic carbocycles. The van der Waals surface area contributed by atoms with Gasteiger partial charge in [0, 0.05) is 18.3 Å². The van der Waals surface area contributed by atoms with Crippen LogP contribution in [0.1, 0.15) is 18.4 Å². The fourth-order valence-electron chi connectivity index (χ4n) is 2.12. The van der Waals surface area contributed by atoms with Crippen LogP contribution in [0.3, 0.4) is 0 Å². The van der Waals surface area contributed by atoms with Crippen molar-refractivity contribution in [3.8, 4) is 0 Å². The number of nitro benzene ring substituents is 1. The molecule has 0 aromatic heterocycles. The number of hydrogen-bond donors (Lipinski definition) is 2. The van der Waals surface area contributed by atoms with E-state index in [-0.39, 0.29) is 16.8 Å². The van der Waals surface area contributed by atoms with Gasteiger partial charge in [-0.15, -0.1) is 0 Å². The van der Waals surface area contributed by atoms with Crippen molar-refractivity contribution in [2.24, 2.45) is 5.92 Å². The average molecular weight is 271 g/mol. The summed E-state index contributed by atoms with van der Waals surface area (Å²) < 4.78 is 0. The van der Waals surface area contributed by atoms with Crippen molar-refractivity contribution >= 4 is 23.0 Å². The summed E-state index contributed by atoms with van der Waals surface area (Å²) in [6.07, 6.45) is 1.46. The van der Waals surface area contributed by atoms with Gasteiger partial charge in [-0.2, -0.15) is 0 Å². The summed E-state index contributed by atoms with van der Waals surface area (Å²) in [4.78, 5) is 10.2. The second-order valence-electron chi connectivity index (χ2n) is 4.75. The lowest BCUT2D eigenvalue weighted by Crippen LogP contribution is -2.33. The summed E-state index contributed by atoms with van der Waals surface area (Å²) in [6.45, 7) is 2.56. The Morgan fingerprint density at radius 1 is 1.56 bits per heavy atom. The molecule has 0 heterocycles. The Balaban J connectivity index is 2.04. The van der Waals surface area contributed by atoms with Gasteiger partial charge in [0.25, 0.3) is 5.69 Å². The number of halogens is 1. The van der Waals surface area contributed by atoms with Crippen LogP contribution in [-0.4, -0.2) is 22.7 Å². The second-order valence-corrected chi connectivity index (χ2v) is 5.16. The third-order valence-electron chi connectivity index (χ3n) is 3.28. The summed E-state index contributed by atoms with van der Waals surface area (Å²) in [7, 11) is 0. The zero-order valence-corrected chi connectivity index (χ0v) is 10.8. The number of aliphatic hydroxyl groups is 1. The van der Waals surface area contributed by atoms with Crippen molar-refractivity contribution in [2.45, 2.75) is 25.9 Å².